The smallest absolute Gasteiger partial charge is 0.341 e. The molecular formula is C19H28N2O4. The van der Waals surface area contributed by atoms with E-state index in [4.69, 9.17) is 9.84 Å². The molecule has 1 atom stereocenters. The molecule has 0 bridgehead atoms. The third kappa shape index (κ3) is 5.17. The lowest BCUT2D eigenvalue weighted by atomic mass is 9.92. The minimum absolute atomic E-state index is 0.337. The Balaban J connectivity index is 1.61. The largest absolute Gasteiger partial charge is 0.482 e. The van der Waals surface area contributed by atoms with Crippen LogP contribution in [-0.2, 0) is 11.3 Å². The minimum atomic E-state index is -0.979. The van der Waals surface area contributed by atoms with Crippen LogP contribution < -0.4 is 4.74 Å². The normalized spacial score (nSPS) is 25.2. The summed E-state index contributed by atoms with van der Waals surface area (Å²) in [6, 6.07) is 7.55. The maximum atomic E-state index is 11.0. The molecule has 1 aromatic carbocycles. The molecule has 0 aromatic heterocycles. The molecule has 0 radical (unpaired) electrons. The van der Waals surface area contributed by atoms with Crippen molar-refractivity contribution < 1.29 is 19.7 Å². The average molecular weight is 348 g/mol. The molecule has 25 heavy (non-hydrogen) atoms. The second kappa shape index (κ2) is 8.17. The second-order valence-corrected chi connectivity index (χ2v) is 7.31. The first-order chi connectivity index (χ1) is 12.0. The topological polar surface area (TPSA) is 73.2 Å². The quantitative estimate of drug-likeness (QED) is 0.779. The summed E-state index contributed by atoms with van der Waals surface area (Å²) in [7, 11) is 0. The predicted molar refractivity (Wildman–Crippen MR) is 94.7 cm³/mol. The molecule has 6 heteroatoms. The monoisotopic (exact) mass is 348 g/mol. The summed E-state index contributed by atoms with van der Waals surface area (Å²) in [6.07, 6.45) is 4.28. The van der Waals surface area contributed by atoms with Crippen molar-refractivity contribution in [2.45, 2.75) is 37.8 Å². The number of likely N-dealkylation sites (tertiary alicyclic amines) is 2. The summed E-state index contributed by atoms with van der Waals surface area (Å²) in [5.41, 5.74) is 0.314. The van der Waals surface area contributed by atoms with Gasteiger partial charge in [0.2, 0.25) is 0 Å². The van der Waals surface area contributed by atoms with Crippen molar-refractivity contribution in [3.63, 3.8) is 0 Å². The van der Waals surface area contributed by atoms with E-state index in [1.165, 1.54) is 12.8 Å². The van der Waals surface area contributed by atoms with Gasteiger partial charge in [0.1, 0.15) is 5.75 Å². The Hall–Kier alpha value is -1.63. The molecule has 0 spiro atoms. The summed E-state index contributed by atoms with van der Waals surface area (Å²) in [4.78, 5) is 15.4. The predicted octanol–water partition coefficient (Wildman–Crippen LogP) is 1.57. The second-order valence-electron chi connectivity index (χ2n) is 7.31. The van der Waals surface area contributed by atoms with Crippen LogP contribution in [0, 0.1) is 0 Å². The highest BCUT2D eigenvalue weighted by molar-refractivity contribution is 5.68. The molecule has 138 valence electrons. The fourth-order valence-electron chi connectivity index (χ4n) is 3.98. The molecule has 2 N–H and O–H groups in total. The SMILES string of the molecule is O=C(O)COc1ccccc1CN1CCC[C@@](O)(CN2CCCC2)C1. The highest BCUT2D eigenvalue weighted by Gasteiger charge is 2.35. The molecule has 1 aromatic rings. The molecule has 0 amide bonds. The van der Waals surface area contributed by atoms with Crippen molar-refractivity contribution in [1.82, 2.24) is 9.80 Å². The number of piperidine rings is 1. The first-order valence-electron chi connectivity index (χ1n) is 9.14. The van der Waals surface area contributed by atoms with Crippen LogP contribution >= 0.6 is 0 Å². The lowest BCUT2D eigenvalue weighted by Gasteiger charge is -2.41. The van der Waals surface area contributed by atoms with Gasteiger partial charge in [-0.1, -0.05) is 18.2 Å². The van der Waals surface area contributed by atoms with Gasteiger partial charge in [0.25, 0.3) is 0 Å². The van der Waals surface area contributed by atoms with Crippen LogP contribution in [0.4, 0.5) is 0 Å². The van der Waals surface area contributed by atoms with Gasteiger partial charge in [-0.25, -0.2) is 4.79 Å². The highest BCUT2D eigenvalue weighted by atomic mass is 16.5. The fourth-order valence-corrected chi connectivity index (χ4v) is 3.98. The van der Waals surface area contributed by atoms with Crippen molar-refractivity contribution in [1.29, 1.82) is 0 Å². The van der Waals surface area contributed by atoms with Crippen LogP contribution in [0.2, 0.25) is 0 Å². The molecule has 0 unspecified atom stereocenters. The molecule has 0 aliphatic carbocycles. The number of benzene rings is 1. The third-order valence-corrected chi connectivity index (χ3v) is 5.07. The molecule has 2 aliphatic rings. The molecule has 2 fully saturated rings. The number of ether oxygens (including phenoxy) is 1. The van der Waals surface area contributed by atoms with Crippen molar-refractivity contribution in [2.24, 2.45) is 0 Å². The molecule has 0 saturated carbocycles. The zero-order valence-electron chi connectivity index (χ0n) is 14.7. The number of carbonyl (C=O) groups is 1. The molecule has 2 saturated heterocycles. The van der Waals surface area contributed by atoms with E-state index in [1.54, 1.807) is 6.07 Å². The Morgan fingerprint density at radius 2 is 1.84 bits per heavy atom. The summed E-state index contributed by atoms with van der Waals surface area (Å²) in [5, 5.41) is 19.9. The van der Waals surface area contributed by atoms with Crippen LogP contribution in [0.1, 0.15) is 31.2 Å². The maximum absolute atomic E-state index is 11.0. The van der Waals surface area contributed by atoms with Crippen LogP contribution in [0.5, 0.6) is 5.75 Å². The van der Waals surface area contributed by atoms with Crippen LogP contribution in [0.3, 0.4) is 0 Å². The molecule has 3 rings (SSSR count). The summed E-state index contributed by atoms with van der Waals surface area (Å²) < 4.78 is 5.40. The summed E-state index contributed by atoms with van der Waals surface area (Å²) >= 11 is 0. The minimum Gasteiger partial charge on any atom is -0.482 e. The van der Waals surface area contributed by atoms with Gasteiger partial charge in [-0.15, -0.1) is 0 Å². The van der Waals surface area contributed by atoms with Crippen molar-refractivity contribution in [3.8, 4) is 5.75 Å². The van der Waals surface area contributed by atoms with Gasteiger partial charge in [-0.2, -0.15) is 0 Å². The number of β-amino-alcohol motifs (C(OH)–C–C–N with tert-alkyl or cyclic N) is 1. The Morgan fingerprint density at radius 3 is 2.60 bits per heavy atom. The highest BCUT2D eigenvalue weighted by Crippen LogP contribution is 2.27. The number of para-hydroxylation sites is 1. The number of carboxylic acids is 1. The third-order valence-electron chi connectivity index (χ3n) is 5.07. The van der Waals surface area contributed by atoms with Gasteiger partial charge < -0.3 is 19.8 Å². The van der Waals surface area contributed by atoms with E-state index in [0.717, 1.165) is 44.6 Å². The van der Waals surface area contributed by atoms with E-state index in [1.807, 2.05) is 18.2 Å². The first kappa shape index (κ1) is 18.2. The number of nitrogens with zero attached hydrogens (tertiary/aromatic N) is 2. The van der Waals surface area contributed by atoms with E-state index in [0.29, 0.717) is 18.8 Å². The fraction of sp³-hybridized carbons (Fsp3) is 0.632. The van der Waals surface area contributed by atoms with E-state index < -0.39 is 11.6 Å². The van der Waals surface area contributed by atoms with Gasteiger partial charge in [-0.3, -0.25) is 4.90 Å². The van der Waals surface area contributed by atoms with Crippen LogP contribution in [0.25, 0.3) is 0 Å². The maximum Gasteiger partial charge on any atom is 0.341 e. The van der Waals surface area contributed by atoms with Gasteiger partial charge >= 0.3 is 5.97 Å². The number of hydrogen-bond donors (Lipinski definition) is 2. The molecule has 2 heterocycles. The average Bonchev–Trinajstić information content (AvgIpc) is 3.06. The zero-order chi connectivity index (χ0) is 17.7. The van der Waals surface area contributed by atoms with Crippen molar-refractivity contribution in [2.75, 3.05) is 39.3 Å². The van der Waals surface area contributed by atoms with Crippen molar-refractivity contribution in [3.05, 3.63) is 29.8 Å². The van der Waals surface area contributed by atoms with E-state index >= 15 is 0 Å². The zero-order valence-corrected chi connectivity index (χ0v) is 14.7. The van der Waals surface area contributed by atoms with Gasteiger partial charge in [-0.05, 0) is 51.4 Å². The molecule has 2 aliphatic heterocycles. The number of carboxylic acid groups (broad SMARTS) is 1. The Morgan fingerprint density at radius 1 is 1.12 bits per heavy atom. The number of rotatable bonds is 7. The van der Waals surface area contributed by atoms with Gasteiger partial charge in [0, 0.05) is 25.2 Å². The standard InChI is InChI=1S/C19H28N2O4/c22-18(23)13-25-17-7-2-1-6-16(17)12-21-11-5-8-19(24,15-21)14-20-9-3-4-10-20/h1-2,6-7,24H,3-5,8-15H2,(H,22,23)/t19-/m1/s1. The Bertz CT molecular complexity index is 589. The van der Waals surface area contributed by atoms with Gasteiger partial charge in [0.05, 0.1) is 5.60 Å². The Labute approximate surface area is 149 Å². The molecule has 6 nitrogen and oxygen atoms in total. The lowest BCUT2D eigenvalue weighted by molar-refractivity contribution is -0.139. The van der Waals surface area contributed by atoms with Gasteiger partial charge in [0.15, 0.2) is 6.61 Å². The molecular weight excluding hydrogens is 320 g/mol. The first-order valence-corrected chi connectivity index (χ1v) is 9.14. The number of hydrogen-bond acceptors (Lipinski definition) is 5. The van der Waals surface area contributed by atoms with E-state index in [2.05, 4.69) is 9.80 Å². The lowest BCUT2D eigenvalue weighted by Crippen LogP contribution is -2.53. The van der Waals surface area contributed by atoms with E-state index in [9.17, 15) is 9.90 Å². The van der Waals surface area contributed by atoms with Crippen LogP contribution in [0.15, 0.2) is 24.3 Å². The van der Waals surface area contributed by atoms with E-state index in [-0.39, 0.29) is 6.61 Å². The summed E-state index contributed by atoms with van der Waals surface area (Å²) in [5.74, 6) is -0.369. The summed E-state index contributed by atoms with van der Waals surface area (Å²) in [6.45, 7) is 4.85. The van der Waals surface area contributed by atoms with Crippen molar-refractivity contribution >= 4 is 5.97 Å². The number of aliphatic hydroxyl groups is 1. The Kier molecular flexibility index (Phi) is 5.93. The number of aliphatic carboxylic acids is 1. The van der Waals surface area contributed by atoms with Crippen LogP contribution in [-0.4, -0.2) is 70.9 Å².